The van der Waals surface area contributed by atoms with Crippen LogP contribution in [0.2, 0.25) is 0 Å². The summed E-state index contributed by atoms with van der Waals surface area (Å²) >= 11 is 0. The summed E-state index contributed by atoms with van der Waals surface area (Å²) in [7, 11) is 1.88. The Morgan fingerprint density at radius 3 is 2.26 bits per heavy atom. The van der Waals surface area contributed by atoms with Crippen molar-refractivity contribution in [2.45, 2.75) is 84.6 Å². The first-order valence-electron chi connectivity index (χ1n) is 13.1. The fraction of sp³-hybridized carbons (Fsp3) is 0.581. The second-order valence-corrected chi connectivity index (χ2v) is 12.2. The lowest BCUT2D eigenvalue weighted by Gasteiger charge is -2.47. The van der Waals surface area contributed by atoms with Crippen molar-refractivity contribution in [2.75, 3.05) is 13.7 Å². The van der Waals surface area contributed by atoms with E-state index in [1.165, 1.54) is 18.4 Å². The number of methoxy groups -OCH3 is 1. The number of nitrogens with zero attached hydrogens (tertiary/aromatic N) is 1. The van der Waals surface area contributed by atoms with E-state index in [2.05, 4.69) is 73.3 Å². The molecule has 0 spiro atoms. The van der Waals surface area contributed by atoms with Gasteiger partial charge in [-0.3, -0.25) is 9.69 Å². The third kappa shape index (κ3) is 5.34. The van der Waals surface area contributed by atoms with Crippen molar-refractivity contribution in [1.29, 1.82) is 0 Å². The van der Waals surface area contributed by atoms with Gasteiger partial charge in [-0.1, -0.05) is 74.5 Å². The highest BCUT2D eigenvalue weighted by Crippen LogP contribution is 2.67. The van der Waals surface area contributed by atoms with Crippen molar-refractivity contribution in [3.05, 3.63) is 71.8 Å². The lowest BCUT2D eigenvalue weighted by atomic mass is 9.67. The highest BCUT2D eigenvalue weighted by molar-refractivity contribution is 5.71. The van der Waals surface area contributed by atoms with Crippen LogP contribution in [0.25, 0.3) is 0 Å². The van der Waals surface area contributed by atoms with E-state index >= 15 is 0 Å². The first-order chi connectivity index (χ1) is 16.6. The SMILES string of the molecule is CO[C@@H]1C[C@H]2CC[C@]1(CN(Cc1ccccc1)[C@@H](CC(=O)OC(C)(C)C)c1ccccc1)C2(C)C. The Labute approximate surface area is 212 Å². The molecule has 0 aliphatic heterocycles. The number of ether oxygens (including phenoxy) is 2. The lowest BCUT2D eigenvalue weighted by molar-refractivity contribution is -0.157. The second-order valence-electron chi connectivity index (χ2n) is 12.2. The Morgan fingerprint density at radius 1 is 1.06 bits per heavy atom. The molecule has 0 N–H and O–H groups in total. The van der Waals surface area contributed by atoms with Gasteiger partial charge < -0.3 is 9.47 Å². The summed E-state index contributed by atoms with van der Waals surface area (Å²) in [6, 6.07) is 21.0. The topological polar surface area (TPSA) is 38.8 Å². The van der Waals surface area contributed by atoms with E-state index in [9.17, 15) is 4.79 Å². The van der Waals surface area contributed by atoms with Crippen LogP contribution in [0, 0.1) is 16.7 Å². The quantitative estimate of drug-likeness (QED) is 0.372. The molecule has 2 fully saturated rings. The van der Waals surface area contributed by atoms with E-state index in [0.717, 1.165) is 25.1 Å². The Morgan fingerprint density at radius 2 is 1.69 bits per heavy atom. The Bertz CT molecular complexity index is 981. The molecule has 0 aromatic heterocycles. The minimum absolute atomic E-state index is 0.0577. The molecule has 2 aromatic rings. The molecule has 2 bridgehead atoms. The molecule has 2 saturated carbocycles. The molecule has 4 rings (SSSR count). The van der Waals surface area contributed by atoms with E-state index in [-0.39, 0.29) is 28.9 Å². The van der Waals surface area contributed by atoms with Crippen molar-refractivity contribution >= 4 is 5.97 Å². The summed E-state index contributed by atoms with van der Waals surface area (Å²) < 4.78 is 12.0. The normalized spacial score (nSPS) is 26.1. The second kappa shape index (κ2) is 10.1. The van der Waals surface area contributed by atoms with Gasteiger partial charge in [-0.2, -0.15) is 0 Å². The molecule has 190 valence electrons. The average Bonchev–Trinajstić information content (AvgIpc) is 3.18. The molecular weight excluding hydrogens is 434 g/mol. The van der Waals surface area contributed by atoms with Crippen molar-refractivity contribution < 1.29 is 14.3 Å². The fourth-order valence-electron chi connectivity index (χ4n) is 6.83. The van der Waals surface area contributed by atoms with Crippen LogP contribution < -0.4 is 0 Å². The molecule has 0 heterocycles. The van der Waals surface area contributed by atoms with E-state index in [1.54, 1.807) is 0 Å². The molecule has 0 unspecified atom stereocenters. The van der Waals surface area contributed by atoms with Gasteiger partial charge in [-0.25, -0.2) is 0 Å². The van der Waals surface area contributed by atoms with E-state index < -0.39 is 5.60 Å². The Kier molecular flexibility index (Phi) is 7.45. The van der Waals surface area contributed by atoms with Gasteiger partial charge in [0.2, 0.25) is 0 Å². The lowest BCUT2D eigenvalue weighted by Crippen LogP contribution is -2.49. The molecule has 2 aromatic carbocycles. The molecule has 4 heteroatoms. The van der Waals surface area contributed by atoms with Crippen molar-refractivity contribution in [3.63, 3.8) is 0 Å². The molecule has 4 atom stereocenters. The monoisotopic (exact) mass is 477 g/mol. The largest absolute Gasteiger partial charge is 0.460 e. The van der Waals surface area contributed by atoms with Crippen molar-refractivity contribution in [3.8, 4) is 0 Å². The van der Waals surface area contributed by atoms with E-state index in [1.807, 2.05) is 33.9 Å². The van der Waals surface area contributed by atoms with Crippen LogP contribution in [0.1, 0.15) is 77.5 Å². The summed E-state index contributed by atoms with van der Waals surface area (Å²) in [5.74, 6) is 0.534. The standard InChI is InChI=1S/C31H43NO3/c1-29(2,3)35-28(33)20-26(24-15-11-8-12-16-24)32(21-23-13-9-7-10-14-23)22-31-18-17-25(30(31,4)5)19-27(31)34-6/h7-16,25-27H,17-22H2,1-6H3/t25-,26+,27-,31-/m1/s1. The molecule has 0 radical (unpaired) electrons. The molecule has 0 amide bonds. The van der Waals surface area contributed by atoms with Crippen LogP contribution >= 0.6 is 0 Å². The number of carbonyl (C=O) groups is 1. The average molecular weight is 478 g/mol. The maximum atomic E-state index is 13.2. The molecule has 2 aliphatic rings. The van der Waals surface area contributed by atoms with Gasteiger partial charge in [0.15, 0.2) is 0 Å². The minimum Gasteiger partial charge on any atom is -0.460 e. The Hall–Kier alpha value is -2.17. The van der Waals surface area contributed by atoms with Gasteiger partial charge in [0, 0.05) is 31.7 Å². The van der Waals surface area contributed by atoms with E-state index in [4.69, 9.17) is 9.47 Å². The predicted octanol–water partition coefficient (Wildman–Crippen LogP) is 6.80. The van der Waals surface area contributed by atoms with Gasteiger partial charge in [-0.15, -0.1) is 0 Å². The number of esters is 1. The van der Waals surface area contributed by atoms with Crippen molar-refractivity contribution in [1.82, 2.24) is 4.90 Å². The van der Waals surface area contributed by atoms with Crippen LogP contribution in [0.3, 0.4) is 0 Å². The minimum atomic E-state index is -0.505. The van der Waals surface area contributed by atoms with Gasteiger partial charge in [0.05, 0.1) is 12.5 Å². The van der Waals surface area contributed by atoms with Gasteiger partial charge >= 0.3 is 5.97 Å². The number of rotatable bonds is 9. The predicted molar refractivity (Wildman–Crippen MR) is 141 cm³/mol. The Balaban J connectivity index is 1.73. The van der Waals surface area contributed by atoms with Gasteiger partial charge in [0.25, 0.3) is 0 Å². The van der Waals surface area contributed by atoms with Crippen LogP contribution in [-0.2, 0) is 20.8 Å². The summed E-state index contributed by atoms with van der Waals surface area (Å²) in [5, 5.41) is 0. The number of carbonyl (C=O) groups excluding carboxylic acids is 1. The molecule has 35 heavy (non-hydrogen) atoms. The van der Waals surface area contributed by atoms with Crippen LogP contribution in [-0.4, -0.2) is 36.2 Å². The summed E-state index contributed by atoms with van der Waals surface area (Å²) in [6.45, 7) is 12.4. The molecule has 0 saturated heterocycles. The van der Waals surface area contributed by atoms with Crippen LogP contribution in [0.4, 0.5) is 0 Å². The zero-order valence-corrected chi connectivity index (χ0v) is 22.4. The fourth-order valence-corrected chi connectivity index (χ4v) is 6.83. The molecule has 4 nitrogen and oxygen atoms in total. The van der Waals surface area contributed by atoms with Crippen LogP contribution in [0.5, 0.6) is 0 Å². The number of benzene rings is 2. The third-order valence-electron chi connectivity index (χ3n) is 8.76. The summed E-state index contributed by atoms with van der Waals surface area (Å²) in [6.07, 6.45) is 4.12. The zero-order valence-electron chi connectivity index (χ0n) is 22.4. The van der Waals surface area contributed by atoms with Crippen LogP contribution in [0.15, 0.2) is 60.7 Å². The maximum Gasteiger partial charge on any atom is 0.308 e. The maximum absolute atomic E-state index is 13.2. The summed E-state index contributed by atoms with van der Waals surface area (Å²) in [4.78, 5) is 15.7. The summed E-state index contributed by atoms with van der Waals surface area (Å²) in [5.41, 5.74) is 2.16. The van der Waals surface area contributed by atoms with Gasteiger partial charge in [-0.05, 0) is 62.5 Å². The number of hydrogen-bond acceptors (Lipinski definition) is 4. The first kappa shape index (κ1) is 25.9. The molecular formula is C31H43NO3. The third-order valence-corrected chi connectivity index (χ3v) is 8.76. The highest BCUT2D eigenvalue weighted by atomic mass is 16.6. The number of fused-ring (bicyclic) bond motifs is 2. The van der Waals surface area contributed by atoms with Gasteiger partial charge in [0.1, 0.15) is 5.60 Å². The van der Waals surface area contributed by atoms with E-state index in [0.29, 0.717) is 12.3 Å². The van der Waals surface area contributed by atoms with Crippen molar-refractivity contribution in [2.24, 2.45) is 16.7 Å². The smallest absolute Gasteiger partial charge is 0.308 e. The zero-order chi connectivity index (χ0) is 25.3. The first-order valence-corrected chi connectivity index (χ1v) is 13.1. The number of hydrogen-bond donors (Lipinski definition) is 0. The highest BCUT2D eigenvalue weighted by Gasteiger charge is 2.64. The molecule has 2 aliphatic carbocycles.